The minimum absolute atomic E-state index is 0.861. The Hall–Kier alpha value is -6.39. The van der Waals surface area contributed by atoms with Crippen LogP contribution < -0.4 is 9.13 Å². The van der Waals surface area contributed by atoms with Gasteiger partial charge in [-0.2, -0.15) is 0 Å². The van der Waals surface area contributed by atoms with Crippen molar-refractivity contribution in [3.63, 3.8) is 0 Å². The van der Waals surface area contributed by atoms with E-state index in [9.17, 15) is 0 Å². The molecule has 2 aromatic heterocycles. The number of rotatable bonds is 5. The van der Waals surface area contributed by atoms with Gasteiger partial charge in [0.15, 0.2) is 11.4 Å². The molecule has 0 amide bonds. The van der Waals surface area contributed by atoms with Crippen LogP contribution in [0.15, 0.2) is 181 Å². The number of hydrogen-bond donors (Lipinski definition) is 0. The van der Waals surface area contributed by atoms with Crippen molar-refractivity contribution < 1.29 is 13.6 Å². The summed E-state index contributed by atoms with van der Waals surface area (Å²) in [6, 6.07) is 57.2. The topological polar surface area (TPSA) is 33.8 Å². The van der Waals surface area contributed by atoms with E-state index in [0.29, 0.717) is 0 Å². The second-order valence-corrected chi connectivity index (χ2v) is 11.7. The van der Waals surface area contributed by atoms with Crippen LogP contribution >= 0.6 is 0 Å². The second-order valence-electron chi connectivity index (χ2n) is 11.7. The van der Waals surface area contributed by atoms with Gasteiger partial charge in [0.2, 0.25) is 0 Å². The van der Waals surface area contributed by atoms with Crippen LogP contribution in [0.2, 0.25) is 0 Å². The summed E-state index contributed by atoms with van der Waals surface area (Å²) in [6.45, 7) is 0. The first-order valence-electron chi connectivity index (χ1n) is 15.8. The highest BCUT2D eigenvalue weighted by Crippen LogP contribution is 2.40. The summed E-state index contributed by atoms with van der Waals surface area (Å²) in [6.07, 6.45) is 4.02. The van der Waals surface area contributed by atoms with Gasteiger partial charge >= 0.3 is 18.5 Å². The van der Waals surface area contributed by atoms with Gasteiger partial charge < -0.3 is 4.42 Å². The molecule has 0 spiro atoms. The number of para-hydroxylation sites is 2. The molecule has 47 heavy (non-hydrogen) atoms. The van der Waals surface area contributed by atoms with E-state index in [-0.39, 0.29) is 0 Å². The lowest BCUT2D eigenvalue weighted by molar-refractivity contribution is -0.734. The quantitative estimate of drug-likeness (QED) is 0.184. The Morgan fingerprint density at radius 2 is 1.02 bits per heavy atom. The summed E-state index contributed by atoms with van der Waals surface area (Å²) in [5, 5.41) is 4.55. The van der Waals surface area contributed by atoms with Gasteiger partial charge in [0, 0.05) is 10.8 Å². The Morgan fingerprint density at radius 3 is 1.83 bits per heavy atom. The maximum Gasteiger partial charge on any atom is 0.407 e. The molecule has 0 unspecified atom stereocenters. The maximum atomic E-state index is 6.25. The average molecular weight is 604 g/mol. The second kappa shape index (κ2) is 11.2. The van der Waals surface area contributed by atoms with Crippen LogP contribution in [0.5, 0.6) is 0 Å². The van der Waals surface area contributed by atoms with Gasteiger partial charge in [0.05, 0.1) is 10.5 Å². The van der Waals surface area contributed by atoms with E-state index in [4.69, 9.17) is 9.40 Å². The molecular formula is C43H29N3O+2. The number of nitrogens with zero attached hydrogens (tertiary/aromatic N) is 3. The minimum atomic E-state index is 0.861. The Bertz CT molecular complexity index is 2550. The van der Waals surface area contributed by atoms with E-state index in [2.05, 4.69) is 143 Å². The van der Waals surface area contributed by atoms with Crippen LogP contribution in [0.4, 0.5) is 0 Å². The molecule has 0 atom stereocenters. The summed E-state index contributed by atoms with van der Waals surface area (Å²) in [4.78, 5) is 5.13. The Morgan fingerprint density at radius 1 is 0.426 bits per heavy atom. The van der Waals surface area contributed by atoms with Gasteiger partial charge in [-0.25, -0.2) is 0 Å². The fourth-order valence-corrected chi connectivity index (χ4v) is 6.69. The molecule has 0 fully saturated rings. The number of benzene rings is 7. The molecule has 0 bridgehead atoms. The first-order chi connectivity index (χ1) is 23.3. The molecule has 0 aliphatic rings. The summed E-state index contributed by atoms with van der Waals surface area (Å²) in [5.74, 6) is 0.861. The van der Waals surface area contributed by atoms with Gasteiger partial charge in [-0.15, -0.1) is 9.13 Å². The largest absolute Gasteiger partial charge is 0.456 e. The molecule has 9 aromatic rings. The zero-order chi connectivity index (χ0) is 31.2. The van der Waals surface area contributed by atoms with Crippen LogP contribution in [0, 0.1) is 0 Å². The highest BCUT2D eigenvalue weighted by molar-refractivity contribution is 6.16. The van der Waals surface area contributed by atoms with Gasteiger partial charge in [0.25, 0.3) is 0 Å². The highest BCUT2D eigenvalue weighted by atomic mass is 16.3. The lowest BCUT2D eigenvalue weighted by Crippen LogP contribution is -2.46. The van der Waals surface area contributed by atoms with Crippen molar-refractivity contribution >= 4 is 32.7 Å². The van der Waals surface area contributed by atoms with Gasteiger partial charge in [-0.05, 0) is 87.6 Å². The average Bonchev–Trinajstić information content (AvgIpc) is 3.54. The highest BCUT2D eigenvalue weighted by Gasteiger charge is 2.27. The van der Waals surface area contributed by atoms with Crippen LogP contribution in [0.1, 0.15) is 0 Å². The molecule has 9 rings (SSSR count). The Balaban J connectivity index is 1.25. The van der Waals surface area contributed by atoms with Crippen molar-refractivity contribution in [1.29, 1.82) is 0 Å². The molecule has 0 radical (unpaired) electrons. The van der Waals surface area contributed by atoms with Crippen molar-refractivity contribution in [1.82, 2.24) is 4.98 Å². The summed E-state index contributed by atoms with van der Waals surface area (Å²) in [5.41, 5.74) is 9.60. The number of hydrogen-bond acceptors (Lipinski definition) is 2. The monoisotopic (exact) mass is 603 g/mol. The molecule has 4 nitrogen and oxygen atoms in total. The van der Waals surface area contributed by atoms with Gasteiger partial charge in [-0.1, -0.05) is 109 Å². The van der Waals surface area contributed by atoms with Crippen LogP contribution in [-0.4, -0.2) is 4.98 Å². The number of aromatic nitrogens is 3. The first-order valence-corrected chi connectivity index (χ1v) is 15.8. The molecule has 220 valence electrons. The lowest BCUT2D eigenvalue weighted by Gasteiger charge is -2.11. The number of fused-ring (bicyclic) bond motifs is 4. The van der Waals surface area contributed by atoms with Crippen LogP contribution in [0.25, 0.3) is 77.7 Å². The minimum Gasteiger partial charge on any atom is -0.456 e. The van der Waals surface area contributed by atoms with E-state index in [0.717, 1.165) is 66.6 Å². The van der Waals surface area contributed by atoms with Crippen LogP contribution in [0.3, 0.4) is 0 Å². The van der Waals surface area contributed by atoms with Gasteiger partial charge in [0.1, 0.15) is 11.2 Å². The van der Waals surface area contributed by atoms with E-state index in [1.807, 2.05) is 42.7 Å². The number of furan rings is 1. The van der Waals surface area contributed by atoms with E-state index >= 15 is 0 Å². The fourth-order valence-electron chi connectivity index (χ4n) is 6.69. The standard InChI is InChI=1S/C43H29N3O/c1-3-12-30(13-4-1)31-24-26-33(27-25-31)46-29-45(32-14-5-2-6-15-32)28-44-43(46)38-21-10-17-34-35(18-9-19-36(34)38)37-20-11-23-41-42(37)39-16-7-8-22-40(39)47-41/h1-29H/q+2. The van der Waals surface area contributed by atoms with Crippen LogP contribution in [-0.2, 0) is 0 Å². The third-order valence-corrected chi connectivity index (χ3v) is 8.94. The third kappa shape index (κ3) is 4.66. The van der Waals surface area contributed by atoms with E-state index < -0.39 is 0 Å². The van der Waals surface area contributed by atoms with Crippen molar-refractivity contribution in [3.05, 3.63) is 176 Å². The maximum absolute atomic E-state index is 6.25. The molecule has 0 saturated carbocycles. The molecule has 7 aromatic carbocycles. The zero-order valence-electron chi connectivity index (χ0n) is 25.5. The van der Waals surface area contributed by atoms with Gasteiger partial charge in [-0.3, -0.25) is 0 Å². The van der Waals surface area contributed by atoms with E-state index in [1.165, 1.54) is 11.1 Å². The normalized spacial score (nSPS) is 11.4. The lowest BCUT2D eigenvalue weighted by atomic mass is 9.93. The zero-order valence-corrected chi connectivity index (χ0v) is 25.5. The molecule has 0 aliphatic carbocycles. The molecule has 0 saturated heterocycles. The van der Waals surface area contributed by atoms with Crippen molar-refractivity contribution in [2.24, 2.45) is 0 Å². The SMILES string of the molecule is c1ccc(-c2ccc(-[n+]3c[n+](-c4ccccc4)cnc3-c3cccc4c(-c5cccc6oc7ccccc7c56)cccc34)cc2)cc1. The smallest absolute Gasteiger partial charge is 0.407 e. The summed E-state index contributed by atoms with van der Waals surface area (Å²) < 4.78 is 10.5. The molecule has 0 aliphatic heterocycles. The Kier molecular flexibility index (Phi) is 6.43. The first kappa shape index (κ1) is 27.0. The predicted octanol–water partition coefficient (Wildman–Crippen LogP) is 9.69. The van der Waals surface area contributed by atoms with Crippen molar-refractivity contribution in [2.45, 2.75) is 0 Å². The summed E-state index contributed by atoms with van der Waals surface area (Å²) in [7, 11) is 0. The molecule has 4 heteroatoms. The fraction of sp³-hybridized carbons (Fsp3) is 0. The van der Waals surface area contributed by atoms with Crippen molar-refractivity contribution in [2.75, 3.05) is 0 Å². The molecular weight excluding hydrogens is 574 g/mol. The Labute approximate surface area is 272 Å². The predicted molar refractivity (Wildman–Crippen MR) is 188 cm³/mol. The summed E-state index contributed by atoms with van der Waals surface area (Å²) >= 11 is 0. The molecule has 0 N–H and O–H groups in total. The molecule has 2 heterocycles. The third-order valence-electron chi connectivity index (χ3n) is 8.94. The van der Waals surface area contributed by atoms with Crippen molar-refractivity contribution in [3.8, 4) is 45.0 Å². The van der Waals surface area contributed by atoms with E-state index in [1.54, 1.807) is 0 Å².